The van der Waals surface area contributed by atoms with Crippen LogP contribution in [0.2, 0.25) is 0 Å². The number of imide groups is 2. The van der Waals surface area contributed by atoms with Gasteiger partial charge in [-0.2, -0.15) is 0 Å². The van der Waals surface area contributed by atoms with Crippen LogP contribution in [0.3, 0.4) is 0 Å². The summed E-state index contributed by atoms with van der Waals surface area (Å²) in [7, 11) is 0. The number of fused-ring (bicyclic) bond motifs is 1. The van der Waals surface area contributed by atoms with Crippen LogP contribution in [0.25, 0.3) is 0 Å². The minimum atomic E-state index is -0.946. The molecule has 32 heavy (non-hydrogen) atoms. The number of piperidine rings is 1. The minimum absolute atomic E-state index is 0.110. The molecule has 2 saturated heterocycles. The number of piperazine rings is 1. The molecule has 0 bridgehead atoms. The summed E-state index contributed by atoms with van der Waals surface area (Å²) in [4.78, 5) is 55.5. The molecular formula is C22H30N6O4. The van der Waals surface area contributed by atoms with Gasteiger partial charge in [0.1, 0.15) is 6.04 Å². The molecular weight excluding hydrogens is 412 g/mol. The molecule has 4 rings (SSSR count). The molecule has 0 radical (unpaired) electrons. The molecule has 0 spiro atoms. The van der Waals surface area contributed by atoms with Gasteiger partial charge in [0.2, 0.25) is 11.8 Å². The summed E-state index contributed by atoms with van der Waals surface area (Å²) in [6, 6.07) is 4.26. The van der Waals surface area contributed by atoms with Crippen molar-refractivity contribution in [3.8, 4) is 0 Å². The van der Waals surface area contributed by atoms with Gasteiger partial charge in [-0.25, -0.2) is 0 Å². The molecule has 0 saturated carbocycles. The van der Waals surface area contributed by atoms with Crippen molar-refractivity contribution >= 4 is 23.6 Å². The summed E-state index contributed by atoms with van der Waals surface area (Å²) in [5.41, 5.74) is 7.03. The first-order valence-electron chi connectivity index (χ1n) is 11.2. The van der Waals surface area contributed by atoms with Crippen LogP contribution < -0.4 is 16.4 Å². The number of nitrogens with zero attached hydrogens (tertiary/aromatic N) is 3. The topological polar surface area (TPSA) is 128 Å². The summed E-state index contributed by atoms with van der Waals surface area (Å²) in [5.74, 6) is -1.92. The number of nitrogens with one attached hydrogen (secondary N) is 2. The molecule has 0 aliphatic carbocycles. The first-order valence-corrected chi connectivity index (χ1v) is 11.2. The monoisotopic (exact) mass is 442 g/mol. The Hall–Kier alpha value is -2.66. The molecule has 3 aliphatic heterocycles. The van der Waals surface area contributed by atoms with Crippen molar-refractivity contribution in [2.75, 3.05) is 52.4 Å². The molecule has 1 aromatic rings. The number of amides is 4. The molecule has 10 nitrogen and oxygen atoms in total. The second-order valence-electron chi connectivity index (χ2n) is 8.44. The third kappa shape index (κ3) is 4.58. The molecule has 1 aromatic carbocycles. The van der Waals surface area contributed by atoms with Crippen LogP contribution in [0.15, 0.2) is 18.2 Å². The molecule has 1 atom stereocenters. The predicted octanol–water partition coefficient (Wildman–Crippen LogP) is -1.25. The Labute approximate surface area is 187 Å². The zero-order valence-electron chi connectivity index (χ0n) is 18.1. The lowest BCUT2D eigenvalue weighted by atomic mass is 10.0. The van der Waals surface area contributed by atoms with E-state index in [1.54, 1.807) is 12.1 Å². The summed E-state index contributed by atoms with van der Waals surface area (Å²) in [6.07, 6.45) is 0.265. The number of rotatable bonds is 8. The maximum Gasteiger partial charge on any atom is 0.262 e. The number of hydrogen-bond acceptors (Lipinski definition) is 8. The Morgan fingerprint density at radius 1 is 1.00 bits per heavy atom. The van der Waals surface area contributed by atoms with E-state index in [9.17, 15) is 19.2 Å². The Morgan fingerprint density at radius 2 is 1.72 bits per heavy atom. The average molecular weight is 443 g/mol. The van der Waals surface area contributed by atoms with Crippen molar-refractivity contribution in [2.24, 2.45) is 5.73 Å². The van der Waals surface area contributed by atoms with Gasteiger partial charge in [-0.3, -0.25) is 39.2 Å². The fraction of sp³-hybridized carbons (Fsp3) is 0.545. The third-order valence-corrected chi connectivity index (χ3v) is 6.38. The Balaban J connectivity index is 1.34. The molecule has 0 aromatic heterocycles. The van der Waals surface area contributed by atoms with Gasteiger partial charge < -0.3 is 11.1 Å². The van der Waals surface area contributed by atoms with E-state index in [0.717, 1.165) is 56.3 Å². The van der Waals surface area contributed by atoms with Gasteiger partial charge in [-0.15, -0.1) is 0 Å². The standard InChI is InChI=1S/C22H30N6O4/c23-6-8-26-10-12-27(13-11-26)9-7-24-14-15-2-1-3-16-19(15)22(32)28(21(16)31)17-4-5-18(29)25-20(17)30/h1-3,17,24H,4-14,23H2,(H,25,29,30). The Kier molecular flexibility index (Phi) is 6.95. The second-order valence-corrected chi connectivity index (χ2v) is 8.44. The average Bonchev–Trinajstić information content (AvgIpc) is 3.04. The van der Waals surface area contributed by atoms with E-state index in [0.29, 0.717) is 24.2 Å². The molecule has 172 valence electrons. The van der Waals surface area contributed by atoms with E-state index in [2.05, 4.69) is 20.4 Å². The summed E-state index contributed by atoms with van der Waals surface area (Å²) in [5, 5.41) is 5.60. The fourth-order valence-corrected chi connectivity index (χ4v) is 4.61. The zero-order chi connectivity index (χ0) is 22.7. The van der Waals surface area contributed by atoms with Crippen molar-refractivity contribution in [1.82, 2.24) is 25.3 Å². The van der Waals surface area contributed by atoms with Gasteiger partial charge in [-0.1, -0.05) is 12.1 Å². The molecule has 1 unspecified atom stereocenters. The molecule has 4 N–H and O–H groups in total. The van der Waals surface area contributed by atoms with E-state index in [1.807, 2.05) is 6.07 Å². The van der Waals surface area contributed by atoms with Crippen LogP contribution in [-0.4, -0.2) is 96.7 Å². The van der Waals surface area contributed by atoms with E-state index < -0.39 is 23.8 Å². The molecule has 3 heterocycles. The number of hydrogen-bond donors (Lipinski definition) is 3. The van der Waals surface area contributed by atoms with E-state index in [4.69, 9.17) is 5.73 Å². The smallest absolute Gasteiger partial charge is 0.262 e. The van der Waals surface area contributed by atoms with Crippen molar-refractivity contribution in [1.29, 1.82) is 0 Å². The highest BCUT2D eigenvalue weighted by Gasteiger charge is 2.45. The van der Waals surface area contributed by atoms with Gasteiger partial charge in [-0.05, 0) is 18.1 Å². The first-order chi connectivity index (χ1) is 15.5. The summed E-state index contributed by atoms with van der Waals surface area (Å²) < 4.78 is 0. The van der Waals surface area contributed by atoms with Crippen LogP contribution >= 0.6 is 0 Å². The number of benzene rings is 1. The lowest BCUT2D eigenvalue weighted by Gasteiger charge is -2.34. The Bertz CT molecular complexity index is 912. The van der Waals surface area contributed by atoms with Gasteiger partial charge in [0.25, 0.3) is 11.8 Å². The van der Waals surface area contributed by atoms with E-state index >= 15 is 0 Å². The van der Waals surface area contributed by atoms with Crippen molar-refractivity contribution in [2.45, 2.75) is 25.4 Å². The van der Waals surface area contributed by atoms with Crippen molar-refractivity contribution in [3.63, 3.8) is 0 Å². The van der Waals surface area contributed by atoms with Crippen molar-refractivity contribution < 1.29 is 19.2 Å². The third-order valence-electron chi connectivity index (χ3n) is 6.38. The first kappa shape index (κ1) is 22.5. The lowest BCUT2D eigenvalue weighted by molar-refractivity contribution is -0.136. The highest BCUT2D eigenvalue weighted by molar-refractivity contribution is 6.24. The highest BCUT2D eigenvalue weighted by atomic mass is 16.2. The van der Waals surface area contributed by atoms with Gasteiger partial charge in [0.15, 0.2) is 0 Å². The SMILES string of the molecule is NCCN1CCN(CCNCc2cccc3c2C(=O)N(C2CCC(=O)NC2=O)C3=O)CC1. The normalized spacial score (nSPS) is 22.4. The van der Waals surface area contributed by atoms with E-state index in [1.165, 1.54) is 0 Å². The van der Waals surface area contributed by atoms with Crippen LogP contribution in [0.4, 0.5) is 0 Å². The number of nitrogens with two attached hydrogens (primary N) is 1. The maximum atomic E-state index is 13.1. The lowest BCUT2D eigenvalue weighted by Crippen LogP contribution is -2.54. The number of carbonyl (C=O) groups is 4. The molecule has 10 heteroatoms. The second kappa shape index (κ2) is 9.86. The van der Waals surface area contributed by atoms with Crippen LogP contribution in [0.5, 0.6) is 0 Å². The number of carbonyl (C=O) groups excluding carboxylic acids is 4. The molecule has 2 fully saturated rings. The molecule has 4 amide bonds. The van der Waals surface area contributed by atoms with Gasteiger partial charge in [0.05, 0.1) is 11.1 Å². The zero-order valence-corrected chi connectivity index (χ0v) is 18.1. The van der Waals surface area contributed by atoms with E-state index in [-0.39, 0.29) is 18.7 Å². The van der Waals surface area contributed by atoms with Gasteiger partial charge in [0, 0.05) is 65.3 Å². The quantitative estimate of drug-likeness (QED) is 0.337. The van der Waals surface area contributed by atoms with Crippen LogP contribution in [0, 0.1) is 0 Å². The van der Waals surface area contributed by atoms with Crippen LogP contribution in [0.1, 0.15) is 39.1 Å². The predicted molar refractivity (Wildman–Crippen MR) is 117 cm³/mol. The van der Waals surface area contributed by atoms with Crippen molar-refractivity contribution in [3.05, 3.63) is 34.9 Å². The maximum absolute atomic E-state index is 13.1. The fourth-order valence-electron chi connectivity index (χ4n) is 4.61. The van der Waals surface area contributed by atoms with Gasteiger partial charge >= 0.3 is 0 Å². The summed E-state index contributed by atoms with van der Waals surface area (Å²) in [6.45, 7) is 7.82. The highest BCUT2D eigenvalue weighted by Crippen LogP contribution is 2.29. The largest absolute Gasteiger partial charge is 0.329 e. The Morgan fingerprint density at radius 3 is 2.41 bits per heavy atom. The van der Waals surface area contributed by atoms with Crippen LogP contribution in [-0.2, 0) is 16.1 Å². The minimum Gasteiger partial charge on any atom is -0.329 e. The molecule has 3 aliphatic rings. The summed E-state index contributed by atoms with van der Waals surface area (Å²) >= 11 is 0.